The van der Waals surface area contributed by atoms with E-state index in [1.54, 1.807) is 7.11 Å². The van der Waals surface area contributed by atoms with Crippen LogP contribution in [0.5, 0.6) is 0 Å². The van der Waals surface area contributed by atoms with E-state index in [9.17, 15) is 10.2 Å². The van der Waals surface area contributed by atoms with E-state index in [1.807, 2.05) is 0 Å². The maximum atomic E-state index is 11.1. The fourth-order valence-corrected chi connectivity index (χ4v) is 7.60. The number of aliphatic hydroxyl groups is 2. The molecule has 4 fully saturated rings. The molecule has 9 atom stereocenters. The van der Waals surface area contributed by atoms with Crippen molar-refractivity contribution < 1.29 is 19.7 Å². The van der Waals surface area contributed by atoms with Crippen LogP contribution in [0.3, 0.4) is 0 Å². The van der Waals surface area contributed by atoms with E-state index < -0.39 is 0 Å². The average molecular weight is 353 g/mol. The van der Waals surface area contributed by atoms with Gasteiger partial charge >= 0.3 is 0 Å². The molecule has 0 saturated heterocycles. The molecule has 4 heteroatoms. The second-order valence-electron chi connectivity index (χ2n) is 10.0. The number of hydrogen-bond acceptors (Lipinski definition) is 4. The van der Waals surface area contributed by atoms with Crippen LogP contribution in [-0.4, -0.2) is 42.4 Å². The van der Waals surface area contributed by atoms with Crippen molar-refractivity contribution in [2.24, 2.45) is 34.5 Å². The van der Waals surface area contributed by atoms with E-state index in [1.165, 1.54) is 12.8 Å². The molecule has 0 aromatic carbocycles. The highest BCUT2D eigenvalue weighted by Crippen LogP contribution is 2.66. The molecule has 144 valence electrons. The summed E-state index contributed by atoms with van der Waals surface area (Å²) in [5.41, 5.74) is 0.520. The number of methoxy groups -OCH3 is 1. The van der Waals surface area contributed by atoms with Gasteiger partial charge in [0.2, 0.25) is 0 Å². The van der Waals surface area contributed by atoms with Gasteiger partial charge < -0.3 is 19.7 Å². The third-order valence-electron chi connectivity index (χ3n) is 8.80. The molecule has 4 nitrogen and oxygen atoms in total. The fourth-order valence-electron chi connectivity index (χ4n) is 7.60. The Morgan fingerprint density at radius 2 is 1.76 bits per heavy atom. The van der Waals surface area contributed by atoms with Crippen LogP contribution < -0.4 is 0 Å². The van der Waals surface area contributed by atoms with Crippen LogP contribution >= 0.6 is 0 Å². The number of rotatable bonds is 3. The fraction of sp³-hybridized carbons (Fsp3) is 1.00. The van der Waals surface area contributed by atoms with Gasteiger partial charge in [-0.25, -0.2) is 0 Å². The van der Waals surface area contributed by atoms with Gasteiger partial charge in [0, 0.05) is 7.11 Å². The lowest BCUT2D eigenvalue weighted by atomic mass is 9.44. The molecule has 0 amide bonds. The third-order valence-corrected chi connectivity index (χ3v) is 8.80. The topological polar surface area (TPSA) is 58.9 Å². The summed E-state index contributed by atoms with van der Waals surface area (Å²) in [6, 6.07) is 0. The first-order valence-corrected chi connectivity index (χ1v) is 10.3. The molecule has 25 heavy (non-hydrogen) atoms. The predicted molar refractivity (Wildman–Crippen MR) is 95.9 cm³/mol. The zero-order valence-electron chi connectivity index (χ0n) is 16.1. The molecule has 2 N–H and O–H groups in total. The molecule has 0 radical (unpaired) electrons. The van der Waals surface area contributed by atoms with Crippen molar-refractivity contribution in [3.8, 4) is 0 Å². The summed E-state index contributed by atoms with van der Waals surface area (Å²) in [6.45, 7) is 5.19. The van der Waals surface area contributed by atoms with Gasteiger partial charge in [0.05, 0.1) is 18.3 Å². The highest BCUT2D eigenvalue weighted by Gasteiger charge is 2.61. The minimum Gasteiger partial charge on any atom is -0.393 e. The van der Waals surface area contributed by atoms with Crippen LogP contribution in [0.4, 0.5) is 0 Å². The van der Waals surface area contributed by atoms with E-state index in [0.29, 0.717) is 35.9 Å². The summed E-state index contributed by atoms with van der Waals surface area (Å²) in [6.07, 6.45) is 8.43. The monoisotopic (exact) mass is 352 g/mol. The normalized spacial score (nSPS) is 55.3. The Bertz CT molecular complexity index is 496. The lowest BCUT2D eigenvalue weighted by Crippen LogP contribution is -2.57. The van der Waals surface area contributed by atoms with Crippen molar-refractivity contribution in [3.63, 3.8) is 0 Å². The van der Waals surface area contributed by atoms with Crippen LogP contribution in [0.2, 0.25) is 0 Å². The van der Waals surface area contributed by atoms with Crippen LogP contribution in [0.1, 0.15) is 65.2 Å². The second-order valence-corrected chi connectivity index (χ2v) is 10.0. The highest BCUT2D eigenvalue weighted by atomic mass is 16.7. The summed E-state index contributed by atoms with van der Waals surface area (Å²) < 4.78 is 10.9. The quantitative estimate of drug-likeness (QED) is 0.765. The Hall–Kier alpha value is -0.160. The second kappa shape index (κ2) is 6.47. The van der Waals surface area contributed by atoms with Crippen molar-refractivity contribution in [2.45, 2.75) is 83.5 Å². The lowest BCUT2D eigenvalue weighted by Gasteiger charge is -2.61. The number of aliphatic hydroxyl groups excluding tert-OH is 2. The maximum absolute atomic E-state index is 11.1. The average Bonchev–Trinajstić information content (AvgIpc) is 2.88. The molecule has 0 heterocycles. The van der Waals surface area contributed by atoms with Crippen molar-refractivity contribution in [2.75, 3.05) is 13.9 Å². The molecule has 0 unspecified atom stereocenters. The van der Waals surface area contributed by atoms with Crippen LogP contribution in [-0.2, 0) is 9.47 Å². The van der Waals surface area contributed by atoms with Crippen molar-refractivity contribution in [1.29, 1.82) is 0 Å². The summed E-state index contributed by atoms with van der Waals surface area (Å²) in [5, 5.41) is 21.4. The minimum absolute atomic E-state index is 0.130. The van der Waals surface area contributed by atoms with Crippen LogP contribution in [0.15, 0.2) is 0 Å². The van der Waals surface area contributed by atoms with E-state index in [-0.39, 0.29) is 23.7 Å². The van der Waals surface area contributed by atoms with Gasteiger partial charge in [-0.05, 0) is 85.9 Å². The van der Waals surface area contributed by atoms with Gasteiger partial charge in [-0.3, -0.25) is 0 Å². The highest BCUT2D eigenvalue weighted by molar-refractivity contribution is 5.10. The molecular formula is C21H36O4. The summed E-state index contributed by atoms with van der Waals surface area (Å²) in [7, 11) is 1.67. The van der Waals surface area contributed by atoms with Gasteiger partial charge in [0.1, 0.15) is 6.79 Å². The molecule has 0 aromatic rings. The van der Waals surface area contributed by atoms with Gasteiger partial charge in [-0.1, -0.05) is 13.8 Å². The number of ether oxygens (including phenoxy) is 2. The largest absolute Gasteiger partial charge is 0.393 e. The standard InChI is InChI=1S/C21H36O4/c1-20-6-5-16-15(17(20)8-13(22)11-20)10-19(23)18-9-14(25-12-24-3)4-7-21(16,18)2/h13-19,22-23H,4-12H2,1-3H3/t13-,14+,15+,16-,17-,18+,19+,20+,21+/m1/s1. The Kier molecular flexibility index (Phi) is 4.71. The Balaban J connectivity index is 1.55. The molecule has 0 bridgehead atoms. The SMILES string of the molecule is COCO[C@H]1CC[C@@]2(C)[C@@H]3CC[C@@]4(C)C[C@H](O)C[C@@H]4[C@H]3C[C@H](O)[C@@H]2C1. The van der Waals surface area contributed by atoms with Crippen molar-refractivity contribution >= 4 is 0 Å². The smallest absolute Gasteiger partial charge is 0.146 e. The maximum Gasteiger partial charge on any atom is 0.146 e. The number of fused-ring (bicyclic) bond motifs is 5. The van der Waals surface area contributed by atoms with Crippen LogP contribution in [0, 0.1) is 34.5 Å². The first-order chi connectivity index (χ1) is 11.9. The first-order valence-electron chi connectivity index (χ1n) is 10.3. The van der Waals surface area contributed by atoms with Gasteiger partial charge in [0.25, 0.3) is 0 Å². The van der Waals surface area contributed by atoms with Crippen LogP contribution in [0.25, 0.3) is 0 Å². The van der Waals surface area contributed by atoms with E-state index in [4.69, 9.17) is 9.47 Å². The Labute approximate surface area is 152 Å². The van der Waals surface area contributed by atoms with E-state index >= 15 is 0 Å². The Morgan fingerprint density at radius 3 is 2.52 bits per heavy atom. The zero-order valence-corrected chi connectivity index (χ0v) is 16.1. The molecule has 0 aliphatic heterocycles. The van der Waals surface area contributed by atoms with E-state index in [0.717, 1.165) is 38.5 Å². The number of hydrogen-bond donors (Lipinski definition) is 2. The minimum atomic E-state index is -0.222. The Morgan fingerprint density at radius 1 is 0.960 bits per heavy atom. The summed E-state index contributed by atoms with van der Waals surface area (Å²) >= 11 is 0. The summed E-state index contributed by atoms with van der Waals surface area (Å²) in [4.78, 5) is 0. The van der Waals surface area contributed by atoms with Crippen molar-refractivity contribution in [3.05, 3.63) is 0 Å². The molecule has 4 aliphatic rings. The zero-order chi connectivity index (χ0) is 17.8. The van der Waals surface area contributed by atoms with E-state index in [2.05, 4.69) is 13.8 Å². The third kappa shape index (κ3) is 2.88. The lowest BCUT2D eigenvalue weighted by molar-refractivity contribution is -0.183. The molecule has 4 rings (SSSR count). The molecule has 0 aromatic heterocycles. The van der Waals surface area contributed by atoms with Gasteiger partial charge in [0.15, 0.2) is 0 Å². The predicted octanol–water partition coefficient (Wildman–Crippen LogP) is 3.35. The van der Waals surface area contributed by atoms with Gasteiger partial charge in [-0.2, -0.15) is 0 Å². The summed E-state index contributed by atoms with van der Waals surface area (Å²) in [5.74, 6) is 2.23. The molecule has 4 saturated carbocycles. The van der Waals surface area contributed by atoms with Gasteiger partial charge in [-0.15, -0.1) is 0 Å². The molecule has 0 spiro atoms. The molecule has 4 aliphatic carbocycles. The van der Waals surface area contributed by atoms with Crippen molar-refractivity contribution in [1.82, 2.24) is 0 Å². The first kappa shape index (κ1) is 18.2. The molecular weight excluding hydrogens is 316 g/mol.